The predicted octanol–water partition coefficient (Wildman–Crippen LogP) is 1.84. The van der Waals surface area contributed by atoms with Gasteiger partial charge in [0.15, 0.2) is 0 Å². The zero-order chi connectivity index (χ0) is 9.68. The number of aromatic nitrogens is 1. The van der Waals surface area contributed by atoms with Crippen LogP contribution in [0.5, 0.6) is 0 Å². The van der Waals surface area contributed by atoms with Crippen molar-refractivity contribution in [3.63, 3.8) is 0 Å². The molecule has 0 radical (unpaired) electrons. The second-order valence-electron chi connectivity index (χ2n) is 2.77. The van der Waals surface area contributed by atoms with Crippen LogP contribution >= 0.6 is 11.3 Å². The highest BCUT2D eigenvalue weighted by atomic mass is 32.1. The zero-order valence-corrected chi connectivity index (χ0v) is 8.30. The molecule has 70 valence electrons. The maximum Gasteiger partial charge on any atom is 0.270 e. The van der Waals surface area contributed by atoms with Gasteiger partial charge < -0.3 is 5.32 Å². The Balaban J connectivity index is 2.46. The average molecular weight is 196 g/mol. The fourth-order valence-corrected chi connectivity index (χ4v) is 1.46. The van der Waals surface area contributed by atoms with E-state index in [0.717, 1.165) is 6.42 Å². The second-order valence-corrected chi connectivity index (χ2v) is 3.49. The molecule has 1 amide bonds. The smallest absolute Gasteiger partial charge is 0.270 e. The Kier molecular flexibility index (Phi) is 3.64. The minimum Gasteiger partial charge on any atom is -0.348 e. The second kappa shape index (κ2) is 4.77. The summed E-state index contributed by atoms with van der Waals surface area (Å²) in [6, 6.07) is 0.117. The first-order chi connectivity index (χ1) is 6.24. The molecule has 4 heteroatoms. The minimum absolute atomic E-state index is 0.115. The Morgan fingerprint density at radius 3 is 3.23 bits per heavy atom. The average Bonchev–Trinajstić information content (AvgIpc) is 2.55. The van der Waals surface area contributed by atoms with E-state index >= 15 is 0 Å². The lowest BCUT2D eigenvalue weighted by molar-refractivity contribution is 0.0936. The maximum absolute atomic E-state index is 11.4. The molecule has 13 heavy (non-hydrogen) atoms. The van der Waals surface area contributed by atoms with E-state index in [9.17, 15) is 4.79 Å². The number of hydrogen-bond donors (Lipinski definition) is 1. The van der Waals surface area contributed by atoms with Crippen molar-refractivity contribution < 1.29 is 4.79 Å². The number of hydrogen-bond acceptors (Lipinski definition) is 3. The third-order valence-corrected chi connectivity index (χ3v) is 2.15. The van der Waals surface area contributed by atoms with Crippen molar-refractivity contribution in [2.24, 2.45) is 0 Å². The van der Waals surface area contributed by atoms with E-state index in [-0.39, 0.29) is 11.9 Å². The van der Waals surface area contributed by atoms with Crippen LogP contribution in [-0.4, -0.2) is 16.9 Å². The number of rotatable bonds is 4. The monoisotopic (exact) mass is 196 g/mol. The standard InChI is InChI=1S/C9H12N2OS/c1-3-4-7(2)11-9(12)8-5-13-6-10-8/h3,5-7H,1,4H2,2H3,(H,11,12). The van der Waals surface area contributed by atoms with E-state index in [1.807, 2.05) is 6.92 Å². The fourth-order valence-electron chi connectivity index (χ4n) is 0.931. The molecule has 1 unspecified atom stereocenters. The SMILES string of the molecule is C=CCC(C)NC(=O)c1cscn1. The van der Waals surface area contributed by atoms with Gasteiger partial charge in [-0.1, -0.05) is 6.08 Å². The lowest BCUT2D eigenvalue weighted by atomic mass is 10.2. The van der Waals surface area contributed by atoms with Crippen molar-refractivity contribution in [2.45, 2.75) is 19.4 Å². The molecular formula is C9H12N2OS. The summed E-state index contributed by atoms with van der Waals surface area (Å²) < 4.78 is 0. The summed E-state index contributed by atoms with van der Waals surface area (Å²) >= 11 is 1.42. The summed E-state index contributed by atoms with van der Waals surface area (Å²) in [5.74, 6) is -0.115. The number of thiazole rings is 1. The van der Waals surface area contributed by atoms with Crippen molar-refractivity contribution in [3.05, 3.63) is 29.2 Å². The fraction of sp³-hybridized carbons (Fsp3) is 0.333. The van der Waals surface area contributed by atoms with E-state index < -0.39 is 0 Å². The lowest BCUT2D eigenvalue weighted by Gasteiger charge is -2.09. The summed E-state index contributed by atoms with van der Waals surface area (Å²) in [7, 11) is 0. The van der Waals surface area contributed by atoms with Gasteiger partial charge in [-0.3, -0.25) is 4.79 Å². The summed E-state index contributed by atoms with van der Waals surface area (Å²) in [6.07, 6.45) is 2.56. The normalized spacial score (nSPS) is 12.1. The molecule has 0 saturated heterocycles. The predicted molar refractivity (Wildman–Crippen MR) is 53.9 cm³/mol. The van der Waals surface area contributed by atoms with E-state index in [1.165, 1.54) is 11.3 Å². The topological polar surface area (TPSA) is 42.0 Å². The first-order valence-electron chi connectivity index (χ1n) is 4.04. The molecule has 0 aromatic carbocycles. The van der Waals surface area contributed by atoms with E-state index in [1.54, 1.807) is 17.0 Å². The highest BCUT2D eigenvalue weighted by molar-refractivity contribution is 7.07. The Morgan fingerprint density at radius 2 is 2.69 bits per heavy atom. The Morgan fingerprint density at radius 1 is 1.92 bits per heavy atom. The van der Waals surface area contributed by atoms with Crippen LogP contribution in [0.1, 0.15) is 23.8 Å². The quantitative estimate of drug-likeness (QED) is 0.746. The molecule has 0 aliphatic heterocycles. The van der Waals surface area contributed by atoms with Crippen molar-refractivity contribution >= 4 is 17.2 Å². The Hall–Kier alpha value is -1.16. The molecule has 1 heterocycles. The van der Waals surface area contributed by atoms with E-state index in [0.29, 0.717) is 5.69 Å². The van der Waals surface area contributed by atoms with Crippen molar-refractivity contribution in [2.75, 3.05) is 0 Å². The number of nitrogens with zero attached hydrogens (tertiary/aromatic N) is 1. The first-order valence-corrected chi connectivity index (χ1v) is 4.98. The third-order valence-electron chi connectivity index (χ3n) is 1.56. The molecule has 3 nitrogen and oxygen atoms in total. The van der Waals surface area contributed by atoms with Crippen LogP contribution in [0.25, 0.3) is 0 Å². The van der Waals surface area contributed by atoms with Gasteiger partial charge in [-0.05, 0) is 13.3 Å². The van der Waals surface area contributed by atoms with E-state index in [2.05, 4.69) is 16.9 Å². The molecule has 0 fully saturated rings. The Bertz CT molecular complexity index is 282. The van der Waals surface area contributed by atoms with Crippen molar-refractivity contribution in [1.82, 2.24) is 10.3 Å². The van der Waals surface area contributed by atoms with Gasteiger partial charge in [-0.15, -0.1) is 17.9 Å². The number of carbonyl (C=O) groups excluding carboxylic acids is 1. The molecule has 1 aromatic heterocycles. The highest BCUT2D eigenvalue weighted by Gasteiger charge is 2.09. The van der Waals surface area contributed by atoms with Crippen LogP contribution in [0.4, 0.5) is 0 Å². The van der Waals surface area contributed by atoms with Gasteiger partial charge in [0.25, 0.3) is 5.91 Å². The molecule has 1 aromatic rings. The summed E-state index contributed by atoms with van der Waals surface area (Å²) in [5, 5.41) is 4.55. The van der Waals surface area contributed by atoms with Crippen LogP contribution in [0.3, 0.4) is 0 Å². The van der Waals surface area contributed by atoms with Gasteiger partial charge in [0.1, 0.15) is 5.69 Å². The van der Waals surface area contributed by atoms with Gasteiger partial charge >= 0.3 is 0 Å². The molecule has 0 bridgehead atoms. The van der Waals surface area contributed by atoms with E-state index in [4.69, 9.17) is 0 Å². The Labute approximate surface area is 81.5 Å². The van der Waals surface area contributed by atoms with Gasteiger partial charge in [-0.2, -0.15) is 0 Å². The van der Waals surface area contributed by atoms with Crippen molar-refractivity contribution in [3.8, 4) is 0 Å². The number of carbonyl (C=O) groups is 1. The first kappa shape index (κ1) is 9.92. The maximum atomic E-state index is 11.4. The lowest BCUT2D eigenvalue weighted by Crippen LogP contribution is -2.32. The van der Waals surface area contributed by atoms with Crippen LogP contribution < -0.4 is 5.32 Å². The third kappa shape index (κ3) is 2.99. The van der Waals surface area contributed by atoms with Crippen molar-refractivity contribution in [1.29, 1.82) is 0 Å². The molecule has 1 atom stereocenters. The van der Waals surface area contributed by atoms with Gasteiger partial charge in [-0.25, -0.2) is 4.98 Å². The van der Waals surface area contributed by atoms with Crippen LogP contribution in [0.2, 0.25) is 0 Å². The molecule has 1 rings (SSSR count). The van der Waals surface area contributed by atoms with Crippen LogP contribution in [0, 0.1) is 0 Å². The summed E-state index contributed by atoms with van der Waals surface area (Å²) in [6.45, 7) is 5.54. The largest absolute Gasteiger partial charge is 0.348 e. The van der Waals surface area contributed by atoms with Gasteiger partial charge in [0.2, 0.25) is 0 Å². The molecule has 1 N–H and O–H groups in total. The summed E-state index contributed by atoms with van der Waals surface area (Å²) in [5.41, 5.74) is 2.13. The zero-order valence-electron chi connectivity index (χ0n) is 7.49. The molecular weight excluding hydrogens is 184 g/mol. The number of amides is 1. The van der Waals surface area contributed by atoms with Crippen LogP contribution in [-0.2, 0) is 0 Å². The highest BCUT2D eigenvalue weighted by Crippen LogP contribution is 2.01. The molecule has 0 aliphatic carbocycles. The molecule has 0 spiro atoms. The number of nitrogens with one attached hydrogen (secondary N) is 1. The molecule has 0 saturated carbocycles. The molecule has 0 aliphatic rings. The minimum atomic E-state index is -0.115. The van der Waals surface area contributed by atoms with Crippen LogP contribution in [0.15, 0.2) is 23.5 Å². The summed E-state index contributed by atoms with van der Waals surface area (Å²) in [4.78, 5) is 15.3. The van der Waals surface area contributed by atoms with Gasteiger partial charge in [0.05, 0.1) is 5.51 Å². The van der Waals surface area contributed by atoms with Gasteiger partial charge in [0, 0.05) is 11.4 Å².